The number of aryl methyl sites for hydroxylation is 1. The second kappa shape index (κ2) is 8.21. The lowest BCUT2D eigenvalue weighted by Gasteiger charge is -2.19. The maximum absolute atomic E-state index is 12.3. The molecule has 2 atom stereocenters. The lowest BCUT2D eigenvalue weighted by atomic mass is 9.81. The smallest absolute Gasteiger partial charge is 0.326 e. The van der Waals surface area contributed by atoms with Gasteiger partial charge in [-0.1, -0.05) is 28.8 Å². The van der Waals surface area contributed by atoms with Crippen molar-refractivity contribution in [2.75, 3.05) is 18.5 Å². The van der Waals surface area contributed by atoms with Gasteiger partial charge in [-0.3, -0.25) is 24.1 Å². The minimum atomic E-state index is -0.766. The van der Waals surface area contributed by atoms with Gasteiger partial charge in [0.15, 0.2) is 6.61 Å². The minimum Gasteiger partial charge on any atom is -0.454 e. The van der Waals surface area contributed by atoms with Crippen LogP contribution in [0.2, 0.25) is 0 Å². The molecule has 2 unspecified atom stereocenters. The third-order valence-corrected chi connectivity index (χ3v) is 5.92. The van der Waals surface area contributed by atoms with Crippen LogP contribution in [0.25, 0.3) is 0 Å². The molecule has 3 rings (SSSR count). The molecule has 1 heterocycles. The number of nitrogens with one attached hydrogen (secondary N) is 1. The lowest BCUT2D eigenvalue weighted by molar-refractivity contribution is -0.154. The Morgan fingerprint density at radius 3 is 2.41 bits per heavy atom. The molecule has 0 aromatic heterocycles. The van der Waals surface area contributed by atoms with E-state index in [0.29, 0.717) is 18.5 Å². The minimum absolute atomic E-state index is 0.295. The molecule has 1 aromatic rings. The van der Waals surface area contributed by atoms with Crippen molar-refractivity contribution in [3.05, 3.63) is 28.2 Å². The fourth-order valence-corrected chi connectivity index (χ4v) is 3.87. The van der Waals surface area contributed by atoms with Crippen LogP contribution in [0.3, 0.4) is 0 Å². The summed E-state index contributed by atoms with van der Waals surface area (Å²) in [7, 11) is 0. The zero-order valence-electron chi connectivity index (χ0n) is 15.0. The molecule has 1 saturated carbocycles. The highest BCUT2D eigenvalue weighted by Gasteiger charge is 2.48. The molecule has 0 bridgehead atoms. The number of esters is 1. The molecule has 27 heavy (non-hydrogen) atoms. The average Bonchev–Trinajstić information content (AvgIpc) is 2.88. The van der Waals surface area contributed by atoms with E-state index >= 15 is 0 Å². The zero-order chi connectivity index (χ0) is 19.6. The molecule has 1 aliphatic heterocycles. The molecule has 8 heteroatoms. The van der Waals surface area contributed by atoms with Crippen molar-refractivity contribution in [2.24, 2.45) is 11.8 Å². The van der Waals surface area contributed by atoms with Crippen molar-refractivity contribution in [3.63, 3.8) is 0 Å². The maximum atomic E-state index is 12.3. The molecular formula is C19H21BrN2O5. The van der Waals surface area contributed by atoms with Gasteiger partial charge in [-0.05, 0) is 43.5 Å². The van der Waals surface area contributed by atoms with Gasteiger partial charge in [0.1, 0.15) is 6.54 Å². The summed E-state index contributed by atoms with van der Waals surface area (Å²) in [6.07, 6.45) is 3.23. The summed E-state index contributed by atoms with van der Waals surface area (Å²) in [6, 6.07) is 5.31. The topological polar surface area (TPSA) is 92.8 Å². The van der Waals surface area contributed by atoms with Gasteiger partial charge in [0, 0.05) is 10.2 Å². The van der Waals surface area contributed by atoms with Crippen LogP contribution in [0.5, 0.6) is 0 Å². The molecule has 1 aromatic carbocycles. The lowest BCUT2D eigenvalue weighted by Crippen LogP contribution is -2.37. The molecule has 1 saturated heterocycles. The van der Waals surface area contributed by atoms with E-state index in [4.69, 9.17) is 4.74 Å². The Morgan fingerprint density at radius 1 is 1.19 bits per heavy atom. The van der Waals surface area contributed by atoms with Gasteiger partial charge in [-0.25, -0.2) is 0 Å². The van der Waals surface area contributed by atoms with Crippen LogP contribution in [-0.2, 0) is 23.9 Å². The van der Waals surface area contributed by atoms with Gasteiger partial charge in [0.05, 0.1) is 11.8 Å². The van der Waals surface area contributed by atoms with Gasteiger partial charge in [0.25, 0.3) is 5.91 Å². The number of ether oxygens (including phenoxy) is 1. The Kier molecular flexibility index (Phi) is 5.94. The average molecular weight is 437 g/mol. The van der Waals surface area contributed by atoms with Crippen molar-refractivity contribution in [1.29, 1.82) is 0 Å². The first kappa shape index (κ1) is 19.5. The highest BCUT2D eigenvalue weighted by Crippen LogP contribution is 2.37. The number of carbonyl (C=O) groups is 4. The van der Waals surface area contributed by atoms with E-state index in [1.165, 1.54) is 0 Å². The third kappa shape index (κ3) is 4.37. The Bertz CT molecular complexity index is 770. The van der Waals surface area contributed by atoms with E-state index in [9.17, 15) is 19.2 Å². The van der Waals surface area contributed by atoms with Crippen LogP contribution in [-0.4, -0.2) is 41.7 Å². The summed E-state index contributed by atoms with van der Waals surface area (Å²) in [4.78, 5) is 49.6. The first-order valence-corrected chi connectivity index (χ1v) is 9.73. The van der Waals surface area contributed by atoms with Crippen molar-refractivity contribution >= 4 is 45.3 Å². The molecule has 0 radical (unpaired) electrons. The van der Waals surface area contributed by atoms with E-state index < -0.39 is 25.0 Å². The standard InChI is InChI=1S/C19H21BrN2O5/c1-11-8-12(6-7-15(11)20)21-16(23)10-27-17(24)9-22-18(25)13-4-2-3-5-14(13)19(22)26/h6-8,13-14H,2-5,9-10H2,1H3,(H,21,23). The second-order valence-corrected chi connectivity index (χ2v) is 7.79. The number of hydrogen-bond acceptors (Lipinski definition) is 5. The van der Waals surface area contributed by atoms with E-state index in [1.54, 1.807) is 18.2 Å². The summed E-state index contributed by atoms with van der Waals surface area (Å²) >= 11 is 3.38. The predicted octanol–water partition coefficient (Wildman–Crippen LogP) is 2.41. The first-order chi connectivity index (χ1) is 12.9. The Labute approximate surface area is 165 Å². The van der Waals surface area contributed by atoms with Crippen molar-refractivity contribution in [2.45, 2.75) is 32.6 Å². The SMILES string of the molecule is Cc1cc(NC(=O)COC(=O)CN2C(=O)C3CCCCC3C2=O)ccc1Br. The zero-order valence-corrected chi connectivity index (χ0v) is 16.6. The van der Waals surface area contributed by atoms with E-state index in [2.05, 4.69) is 21.2 Å². The molecule has 0 spiro atoms. The number of rotatable bonds is 5. The van der Waals surface area contributed by atoms with Crippen LogP contribution < -0.4 is 5.32 Å². The summed E-state index contributed by atoms with van der Waals surface area (Å²) < 4.78 is 5.86. The van der Waals surface area contributed by atoms with Crippen molar-refractivity contribution < 1.29 is 23.9 Å². The van der Waals surface area contributed by atoms with Crippen molar-refractivity contribution in [1.82, 2.24) is 4.90 Å². The molecule has 1 N–H and O–H groups in total. The van der Waals surface area contributed by atoms with E-state index in [1.807, 2.05) is 6.92 Å². The van der Waals surface area contributed by atoms with Crippen LogP contribution in [0.1, 0.15) is 31.2 Å². The normalized spacial score (nSPS) is 21.8. The maximum Gasteiger partial charge on any atom is 0.326 e. The number of carbonyl (C=O) groups excluding carboxylic acids is 4. The van der Waals surface area contributed by atoms with Gasteiger partial charge in [0.2, 0.25) is 11.8 Å². The van der Waals surface area contributed by atoms with Gasteiger partial charge in [-0.15, -0.1) is 0 Å². The number of halogens is 1. The number of hydrogen-bond donors (Lipinski definition) is 1. The number of nitrogens with zero attached hydrogens (tertiary/aromatic N) is 1. The first-order valence-electron chi connectivity index (χ1n) is 8.93. The molecule has 1 aliphatic carbocycles. The fourth-order valence-electron chi connectivity index (χ4n) is 3.63. The van der Waals surface area contributed by atoms with Gasteiger partial charge in [-0.2, -0.15) is 0 Å². The number of benzene rings is 1. The molecule has 3 amide bonds. The highest BCUT2D eigenvalue weighted by atomic mass is 79.9. The van der Waals surface area contributed by atoms with Crippen LogP contribution in [0, 0.1) is 18.8 Å². The fraction of sp³-hybridized carbons (Fsp3) is 0.474. The third-order valence-electron chi connectivity index (χ3n) is 5.03. The number of anilines is 1. The monoisotopic (exact) mass is 436 g/mol. The molecule has 144 valence electrons. The second-order valence-electron chi connectivity index (χ2n) is 6.93. The number of fused-ring (bicyclic) bond motifs is 1. The quantitative estimate of drug-likeness (QED) is 0.564. The van der Waals surface area contributed by atoms with Crippen LogP contribution in [0.15, 0.2) is 22.7 Å². The van der Waals surface area contributed by atoms with Crippen molar-refractivity contribution in [3.8, 4) is 0 Å². The number of likely N-dealkylation sites (tertiary alicyclic amines) is 1. The number of imide groups is 1. The molecule has 7 nitrogen and oxygen atoms in total. The van der Waals surface area contributed by atoms with Crippen LogP contribution in [0.4, 0.5) is 5.69 Å². The summed E-state index contributed by atoms with van der Waals surface area (Å²) in [6.45, 7) is 0.980. The van der Waals surface area contributed by atoms with Crippen LogP contribution >= 0.6 is 15.9 Å². The summed E-state index contributed by atoms with van der Waals surface area (Å²) in [5.41, 5.74) is 1.54. The molecule has 2 aliphatic rings. The Hall–Kier alpha value is -2.22. The van der Waals surface area contributed by atoms with Gasteiger partial charge < -0.3 is 10.1 Å². The largest absolute Gasteiger partial charge is 0.454 e. The predicted molar refractivity (Wildman–Crippen MR) is 101 cm³/mol. The number of amides is 3. The summed E-state index contributed by atoms with van der Waals surface area (Å²) in [5.74, 6) is -2.45. The van der Waals surface area contributed by atoms with E-state index in [-0.39, 0.29) is 23.7 Å². The highest BCUT2D eigenvalue weighted by molar-refractivity contribution is 9.10. The molecule has 2 fully saturated rings. The van der Waals surface area contributed by atoms with Gasteiger partial charge >= 0.3 is 5.97 Å². The molecular weight excluding hydrogens is 416 g/mol. The van der Waals surface area contributed by atoms with E-state index in [0.717, 1.165) is 27.8 Å². The Morgan fingerprint density at radius 2 is 1.81 bits per heavy atom. The Balaban J connectivity index is 1.49. The summed E-state index contributed by atoms with van der Waals surface area (Å²) in [5, 5.41) is 2.63.